The molecular formula is C18H28Hf-4. The Balaban J connectivity index is -0.000000270. The van der Waals surface area contributed by atoms with Crippen LogP contribution in [0.5, 0.6) is 0 Å². The first-order valence-corrected chi connectivity index (χ1v) is 6.81. The molecule has 0 nitrogen and oxygen atoms in total. The summed E-state index contributed by atoms with van der Waals surface area (Å²) >= 11 is 0. The first-order valence-electron chi connectivity index (χ1n) is 6.81. The fourth-order valence-electron chi connectivity index (χ4n) is 2.32. The Morgan fingerprint density at radius 2 is 0.947 bits per heavy atom. The molecule has 0 saturated heterocycles. The third-order valence-electron chi connectivity index (χ3n) is 4.47. The Morgan fingerprint density at radius 3 is 1.00 bits per heavy atom. The molecule has 0 saturated carbocycles. The first-order chi connectivity index (χ1) is 8.25. The third-order valence-corrected chi connectivity index (χ3v) is 4.47. The van der Waals surface area contributed by atoms with Crippen molar-refractivity contribution >= 4 is 0 Å². The minimum atomic E-state index is 0. The third kappa shape index (κ3) is 4.41. The summed E-state index contributed by atoms with van der Waals surface area (Å²) in [6.07, 6.45) is 6.72. The predicted molar refractivity (Wildman–Crippen MR) is 82.2 cm³/mol. The van der Waals surface area contributed by atoms with Crippen molar-refractivity contribution in [2.24, 2.45) is 11.8 Å². The van der Waals surface area contributed by atoms with Gasteiger partial charge in [0, 0.05) is 25.8 Å². The van der Waals surface area contributed by atoms with Crippen molar-refractivity contribution in [2.45, 2.75) is 55.4 Å². The van der Waals surface area contributed by atoms with Crippen molar-refractivity contribution in [1.29, 1.82) is 0 Å². The molecule has 2 rings (SSSR count). The van der Waals surface area contributed by atoms with Gasteiger partial charge in [0.1, 0.15) is 0 Å². The minimum absolute atomic E-state index is 0. The molecular weight excluding hydrogens is 395 g/mol. The van der Waals surface area contributed by atoms with Crippen LogP contribution >= 0.6 is 0 Å². The van der Waals surface area contributed by atoms with Gasteiger partial charge < -0.3 is 2.85 Å². The van der Waals surface area contributed by atoms with Crippen LogP contribution in [-0.2, 0) is 25.8 Å². The Labute approximate surface area is 141 Å². The number of rotatable bonds is 0. The quantitative estimate of drug-likeness (QED) is 0.348. The van der Waals surface area contributed by atoms with E-state index in [2.05, 4.69) is 67.5 Å². The molecule has 1 heteroatoms. The first kappa shape index (κ1) is 18.8. The molecule has 2 aliphatic rings. The van der Waals surface area contributed by atoms with Crippen molar-refractivity contribution in [3.8, 4) is 0 Å². The number of hydrogen-bond acceptors (Lipinski definition) is 0. The zero-order chi connectivity index (χ0) is 14.0. The Morgan fingerprint density at radius 1 is 0.684 bits per heavy atom. The average molecular weight is 423 g/mol. The molecule has 0 aromatic rings. The van der Waals surface area contributed by atoms with E-state index in [1.807, 2.05) is 0 Å². The summed E-state index contributed by atoms with van der Waals surface area (Å²) in [6, 6.07) is 0. The molecule has 0 spiro atoms. The van der Waals surface area contributed by atoms with Gasteiger partial charge >= 0.3 is 0 Å². The summed E-state index contributed by atoms with van der Waals surface area (Å²) < 4.78 is 0. The van der Waals surface area contributed by atoms with Gasteiger partial charge in [-0.1, -0.05) is 53.4 Å². The molecule has 2 unspecified atom stereocenters. The number of allylic oxidation sites excluding steroid dienone is 8. The molecule has 0 N–H and O–H groups in total. The molecule has 19 heavy (non-hydrogen) atoms. The Hall–Kier alpha value is -0.170. The summed E-state index contributed by atoms with van der Waals surface area (Å²) in [7, 11) is 0. The van der Waals surface area contributed by atoms with Crippen LogP contribution in [0, 0.1) is 24.0 Å². The van der Waals surface area contributed by atoms with E-state index in [4.69, 9.17) is 0 Å². The standard InChI is InChI=1S/2C9H13.Hf.2H/c2*1-6-5-7(2)9(4)8(6)3;;;/h2*6H,1-4H3;;;/q2*-1;;2*-1. The van der Waals surface area contributed by atoms with Crippen LogP contribution in [0.25, 0.3) is 0 Å². The van der Waals surface area contributed by atoms with E-state index < -0.39 is 0 Å². The molecule has 0 aromatic heterocycles. The average Bonchev–Trinajstić information content (AvgIpc) is 2.66. The van der Waals surface area contributed by atoms with E-state index in [1.54, 1.807) is 0 Å². The predicted octanol–water partition coefficient (Wildman–Crippen LogP) is 5.67. The summed E-state index contributed by atoms with van der Waals surface area (Å²) in [6.45, 7) is 17.3. The van der Waals surface area contributed by atoms with E-state index in [0.29, 0.717) is 11.8 Å². The zero-order valence-electron chi connectivity index (χ0n) is 15.7. The van der Waals surface area contributed by atoms with Crippen molar-refractivity contribution in [3.05, 3.63) is 45.6 Å². The van der Waals surface area contributed by atoms with Crippen LogP contribution in [0.3, 0.4) is 0 Å². The number of hydrogen-bond donors (Lipinski definition) is 0. The molecule has 0 heterocycles. The topological polar surface area (TPSA) is 0 Å². The second-order valence-electron chi connectivity index (χ2n) is 5.60. The summed E-state index contributed by atoms with van der Waals surface area (Å²) in [5.74, 6) is 1.12. The molecule has 0 radical (unpaired) electrons. The smallest absolute Gasteiger partial charge is 0 e. The van der Waals surface area contributed by atoms with Gasteiger partial charge in [0.25, 0.3) is 0 Å². The zero-order valence-corrected chi connectivity index (χ0v) is 17.2. The van der Waals surface area contributed by atoms with E-state index in [-0.39, 0.29) is 28.7 Å². The van der Waals surface area contributed by atoms with E-state index in [0.717, 1.165) is 0 Å². The largest absolute Gasteiger partial charge is 1.00 e. The molecule has 0 aliphatic heterocycles. The van der Waals surface area contributed by atoms with Gasteiger partial charge in [0.2, 0.25) is 0 Å². The Bertz CT molecular complexity index is 424. The summed E-state index contributed by atoms with van der Waals surface area (Å²) in [4.78, 5) is 0. The van der Waals surface area contributed by atoms with Crippen molar-refractivity contribution < 1.29 is 28.7 Å². The van der Waals surface area contributed by atoms with Gasteiger partial charge in [-0.25, -0.2) is 11.1 Å². The molecule has 0 bridgehead atoms. The maximum atomic E-state index is 3.36. The SMILES string of the molecule is CC1=[C-]C(C)C(C)=C1C.CC1=[C-]C(C)C(C)=C1C.[H-].[H-].[Hf]. The van der Waals surface area contributed by atoms with Gasteiger partial charge in [0.05, 0.1) is 0 Å². The minimum Gasteiger partial charge on any atom is -1.00 e. The van der Waals surface area contributed by atoms with Gasteiger partial charge in [-0.05, 0) is 0 Å². The maximum Gasteiger partial charge on any atom is 0 e. The molecule has 0 fully saturated rings. The van der Waals surface area contributed by atoms with Gasteiger partial charge in [-0.3, -0.25) is 12.2 Å². The second-order valence-corrected chi connectivity index (χ2v) is 5.60. The van der Waals surface area contributed by atoms with Crippen LogP contribution in [0.1, 0.15) is 58.2 Å². The van der Waals surface area contributed by atoms with E-state index in [1.165, 1.54) is 33.4 Å². The normalized spacial score (nSPS) is 25.7. The molecule has 0 aromatic carbocycles. The van der Waals surface area contributed by atoms with Crippen molar-refractivity contribution in [3.63, 3.8) is 0 Å². The monoisotopic (exact) mass is 424 g/mol. The molecule has 108 valence electrons. The van der Waals surface area contributed by atoms with Gasteiger partial charge in [0.15, 0.2) is 0 Å². The second kappa shape index (κ2) is 7.57. The van der Waals surface area contributed by atoms with Crippen molar-refractivity contribution in [1.82, 2.24) is 0 Å². The fourth-order valence-corrected chi connectivity index (χ4v) is 2.32. The molecule has 2 aliphatic carbocycles. The summed E-state index contributed by atoms with van der Waals surface area (Å²) in [5, 5.41) is 0. The molecule has 0 amide bonds. The Kier molecular flexibility index (Phi) is 7.50. The van der Waals surface area contributed by atoms with Gasteiger partial charge in [-0.15, -0.1) is 13.8 Å². The van der Waals surface area contributed by atoms with Crippen molar-refractivity contribution in [2.75, 3.05) is 0 Å². The van der Waals surface area contributed by atoms with E-state index >= 15 is 0 Å². The van der Waals surface area contributed by atoms with E-state index in [9.17, 15) is 0 Å². The fraction of sp³-hybridized carbons (Fsp3) is 0.556. The van der Waals surface area contributed by atoms with Crippen LogP contribution in [0.15, 0.2) is 33.4 Å². The van der Waals surface area contributed by atoms with Crippen LogP contribution < -0.4 is 0 Å². The van der Waals surface area contributed by atoms with Crippen LogP contribution in [-0.4, -0.2) is 0 Å². The maximum absolute atomic E-state index is 3.36. The molecule has 2 atom stereocenters. The van der Waals surface area contributed by atoms with Crippen LogP contribution in [0.4, 0.5) is 0 Å². The van der Waals surface area contributed by atoms with Gasteiger partial charge in [-0.2, -0.15) is 22.3 Å². The summed E-state index contributed by atoms with van der Waals surface area (Å²) in [5.41, 5.74) is 8.49. The van der Waals surface area contributed by atoms with Crippen LogP contribution in [0.2, 0.25) is 0 Å².